The fourth-order valence-corrected chi connectivity index (χ4v) is 1.72. The molecular weight excluding hydrogens is 361 g/mol. The van der Waals surface area contributed by atoms with Crippen molar-refractivity contribution in [3.63, 3.8) is 0 Å². The van der Waals surface area contributed by atoms with Gasteiger partial charge in [-0.05, 0) is 18.2 Å². The molecule has 2 heterocycles. The van der Waals surface area contributed by atoms with Gasteiger partial charge in [-0.25, -0.2) is 9.59 Å². The highest BCUT2D eigenvalue weighted by atomic mass is 19.4. The summed E-state index contributed by atoms with van der Waals surface area (Å²) < 4.78 is 47.1. The van der Waals surface area contributed by atoms with Crippen LogP contribution in [0.5, 0.6) is 0 Å². The van der Waals surface area contributed by atoms with Crippen LogP contribution in [0.2, 0.25) is 0 Å². The van der Waals surface area contributed by atoms with Gasteiger partial charge in [0.05, 0.1) is 6.54 Å². The van der Waals surface area contributed by atoms with E-state index in [-0.39, 0.29) is 12.3 Å². The highest BCUT2D eigenvalue weighted by Gasteiger charge is 2.28. The first-order chi connectivity index (χ1) is 12.2. The maximum absolute atomic E-state index is 11.9. The van der Waals surface area contributed by atoms with Crippen molar-refractivity contribution in [2.45, 2.75) is 12.7 Å². The Kier molecular flexibility index (Phi) is 5.98. The fraction of sp³-hybridized carbons (Fsp3) is 0.286. The molecule has 2 rings (SSSR count). The van der Waals surface area contributed by atoms with Crippen LogP contribution in [0.3, 0.4) is 0 Å². The zero-order chi connectivity index (χ0) is 19.2. The monoisotopic (exact) mass is 374 g/mol. The molecule has 0 aromatic carbocycles. The van der Waals surface area contributed by atoms with Gasteiger partial charge in [-0.3, -0.25) is 14.8 Å². The third-order valence-corrected chi connectivity index (χ3v) is 2.78. The van der Waals surface area contributed by atoms with E-state index in [1.165, 1.54) is 17.4 Å². The minimum atomic E-state index is -4.61. The first kappa shape index (κ1) is 19.0. The topological polar surface area (TPSA) is 115 Å². The summed E-state index contributed by atoms with van der Waals surface area (Å²) in [5.74, 6) is -1.83. The molecule has 0 unspecified atom stereocenters. The maximum Gasteiger partial charge on any atom is 0.405 e. The van der Waals surface area contributed by atoms with Gasteiger partial charge in [0.15, 0.2) is 6.61 Å². The van der Waals surface area contributed by atoms with Gasteiger partial charge < -0.3 is 14.5 Å². The number of hydrogen-bond acceptors (Lipinski definition) is 6. The van der Waals surface area contributed by atoms with Crippen LogP contribution in [-0.2, 0) is 16.1 Å². The molecule has 0 spiro atoms. The summed E-state index contributed by atoms with van der Waals surface area (Å²) in [6.45, 7) is -2.19. The standard InChI is InChI=1S/C14H13F3N4O5/c15-14(16,17)8-18-13(24)20-11(22)7-25-12(23)10-3-2-9(26-10)6-21-5-1-4-19-21/h1-5H,6-8H2,(H2,18,20,22,24). The minimum Gasteiger partial charge on any atom is -0.452 e. The second-order valence-electron chi connectivity index (χ2n) is 4.89. The Morgan fingerprint density at radius 1 is 1.27 bits per heavy atom. The lowest BCUT2D eigenvalue weighted by Crippen LogP contribution is -2.44. The van der Waals surface area contributed by atoms with Gasteiger partial charge in [0.1, 0.15) is 12.3 Å². The third-order valence-electron chi connectivity index (χ3n) is 2.78. The third kappa shape index (κ3) is 6.30. The molecular formula is C14H13F3N4O5. The number of halogens is 3. The zero-order valence-corrected chi connectivity index (χ0v) is 13.1. The van der Waals surface area contributed by atoms with Crippen molar-refractivity contribution in [2.75, 3.05) is 13.2 Å². The molecule has 26 heavy (non-hydrogen) atoms. The number of nitrogens with one attached hydrogen (secondary N) is 2. The largest absolute Gasteiger partial charge is 0.452 e. The summed E-state index contributed by atoms with van der Waals surface area (Å²) >= 11 is 0. The number of alkyl halides is 3. The first-order valence-electron chi connectivity index (χ1n) is 7.10. The number of carbonyl (C=O) groups excluding carboxylic acids is 3. The number of rotatable bonds is 6. The van der Waals surface area contributed by atoms with Gasteiger partial charge >= 0.3 is 18.2 Å². The van der Waals surface area contributed by atoms with Crippen molar-refractivity contribution in [1.29, 1.82) is 0 Å². The lowest BCUT2D eigenvalue weighted by Gasteiger charge is -2.09. The molecule has 3 amide bonds. The number of esters is 1. The highest BCUT2D eigenvalue weighted by molar-refractivity contribution is 5.96. The molecule has 2 aromatic rings. The first-order valence-corrected chi connectivity index (χ1v) is 7.10. The van der Waals surface area contributed by atoms with Crippen LogP contribution in [0.4, 0.5) is 18.0 Å². The van der Waals surface area contributed by atoms with Crippen LogP contribution in [-0.4, -0.2) is 47.0 Å². The predicted octanol–water partition coefficient (Wildman–Crippen LogP) is 1.07. The summed E-state index contributed by atoms with van der Waals surface area (Å²) in [6, 6.07) is 3.20. The zero-order valence-electron chi connectivity index (χ0n) is 13.1. The van der Waals surface area contributed by atoms with Crippen LogP contribution < -0.4 is 10.6 Å². The molecule has 0 bridgehead atoms. The number of imide groups is 1. The number of nitrogens with zero attached hydrogens (tertiary/aromatic N) is 2. The molecule has 0 atom stereocenters. The van der Waals surface area contributed by atoms with Gasteiger partial charge in [0.25, 0.3) is 5.91 Å². The molecule has 2 N–H and O–H groups in total. The van der Waals surface area contributed by atoms with E-state index >= 15 is 0 Å². The Labute approximate surface area is 144 Å². The predicted molar refractivity (Wildman–Crippen MR) is 77.9 cm³/mol. The Morgan fingerprint density at radius 3 is 2.69 bits per heavy atom. The number of urea groups is 1. The highest BCUT2D eigenvalue weighted by Crippen LogP contribution is 2.12. The van der Waals surface area contributed by atoms with Gasteiger partial charge in [-0.1, -0.05) is 0 Å². The number of amides is 3. The molecule has 140 valence electrons. The van der Waals surface area contributed by atoms with Crippen molar-refractivity contribution < 1.29 is 36.7 Å². The summed E-state index contributed by atoms with van der Waals surface area (Å²) in [5.41, 5.74) is 0. The molecule has 0 saturated heterocycles. The van der Waals surface area contributed by atoms with E-state index in [0.717, 1.165) is 0 Å². The Bertz CT molecular complexity index is 770. The Balaban J connectivity index is 1.75. The second kappa shape index (κ2) is 8.18. The second-order valence-corrected chi connectivity index (χ2v) is 4.89. The van der Waals surface area contributed by atoms with Crippen LogP contribution >= 0.6 is 0 Å². The van der Waals surface area contributed by atoms with Crippen LogP contribution in [0.1, 0.15) is 16.3 Å². The number of carbonyl (C=O) groups is 3. The average Bonchev–Trinajstić information content (AvgIpc) is 3.22. The van der Waals surface area contributed by atoms with Crippen molar-refractivity contribution >= 4 is 17.9 Å². The van der Waals surface area contributed by atoms with E-state index in [9.17, 15) is 27.6 Å². The maximum atomic E-state index is 11.9. The average molecular weight is 374 g/mol. The summed E-state index contributed by atoms with van der Waals surface area (Å²) in [7, 11) is 0. The SMILES string of the molecule is O=C(COC(=O)c1ccc(Cn2cccn2)o1)NC(=O)NCC(F)(F)F. The molecule has 0 aliphatic heterocycles. The lowest BCUT2D eigenvalue weighted by atomic mass is 10.4. The van der Waals surface area contributed by atoms with E-state index in [0.29, 0.717) is 5.76 Å². The number of furan rings is 1. The quantitative estimate of drug-likeness (QED) is 0.731. The van der Waals surface area contributed by atoms with E-state index in [2.05, 4.69) is 9.84 Å². The summed E-state index contributed by atoms with van der Waals surface area (Å²) in [6.07, 6.45) is -1.35. The fourth-order valence-electron chi connectivity index (χ4n) is 1.72. The number of hydrogen-bond donors (Lipinski definition) is 2. The number of aromatic nitrogens is 2. The normalized spacial score (nSPS) is 11.0. The van der Waals surface area contributed by atoms with Gasteiger partial charge in [0.2, 0.25) is 5.76 Å². The van der Waals surface area contributed by atoms with Crippen LogP contribution in [0, 0.1) is 0 Å². The molecule has 12 heteroatoms. The molecule has 0 radical (unpaired) electrons. The van der Waals surface area contributed by atoms with Crippen molar-refractivity contribution in [1.82, 2.24) is 20.4 Å². The molecule has 0 fully saturated rings. The van der Waals surface area contributed by atoms with Crippen molar-refractivity contribution in [2.24, 2.45) is 0 Å². The lowest BCUT2D eigenvalue weighted by molar-refractivity contribution is -0.125. The Hall–Kier alpha value is -3.31. The molecule has 0 saturated carbocycles. The molecule has 0 aliphatic carbocycles. The van der Waals surface area contributed by atoms with E-state index in [1.807, 2.05) is 0 Å². The van der Waals surface area contributed by atoms with E-state index in [1.54, 1.807) is 28.5 Å². The van der Waals surface area contributed by atoms with Crippen molar-refractivity contribution in [3.8, 4) is 0 Å². The molecule has 0 aliphatic rings. The summed E-state index contributed by atoms with van der Waals surface area (Å²) in [5, 5.41) is 6.98. The van der Waals surface area contributed by atoms with Crippen LogP contribution in [0.25, 0.3) is 0 Å². The van der Waals surface area contributed by atoms with E-state index in [4.69, 9.17) is 4.42 Å². The van der Waals surface area contributed by atoms with Crippen molar-refractivity contribution in [3.05, 3.63) is 42.1 Å². The van der Waals surface area contributed by atoms with E-state index < -0.39 is 37.2 Å². The smallest absolute Gasteiger partial charge is 0.405 e. The Morgan fingerprint density at radius 2 is 2.04 bits per heavy atom. The van der Waals surface area contributed by atoms with Gasteiger partial charge in [-0.15, -0.1) is 0 Å². The minimum absolute atomic E-state index is 0.179. The molecule has 2 aromatic heterocycles. The summed E-state index contributed by atoms with van der Waals surface area (Å²) in [4.78, 5) is 34.2. The van der Waals surface area contributed by atoms with Gasteiger partial charge in [0, 0.05) is 12.4 Å². The van der Waals surface area contributed by atoms with Crippen LogP contribution in [0.15, 0.2) is 35.0 Å². The number of ether oxygens (including phenoxy) is 1. The molecule has 9 nitrogen and oxygen atoms in total. The van der Waals surface area contributed by atoms with Gasteiger partial charge in [-0.2, -0.15) is 18.3 Å².